The summed E-state index contributed by atoms with van der Waals surface area (Å²) in [5.74, 6) is 0.421. The van der Waals surface area contributed by atoms with E-state index in [1.165, 1.54) is 23.0 Å². The highest BCUT2D eigenvalue weighted by molar-refractivity contribution is 9.10. The molecule has 0 bridgehead atoms. The highest BCUT2D eigenvalue weighted by Gasteiger charge is 2.33. The van der Waals surface area contributed by atoms with Crippen molar-refractivity contribution in [2.75, 3.05) is 13.7 Å². The summed E-state index contributed by atoms with van der Waals surface area (Å²) in [5.41, 5.74) is 1.89. The van der Waals surface area contributed by atoms with Gasteiger partial charge in [0.1, 0.15) is 5.75 Å². The number of thiazole rings is 1. The Morgan fingerprint density at radius 3 is 2.59 bits per heavy atom. The van der Waals surface area contributed by atoms with E-state index in [4.69, 9.17) is 14.2 Å². The number of phenols is 1. The molecule has 3 aromatic rings. The number of nitrogens with zero attached hydrogens (tertiary/aromatic N) is 2. The Balaban J connectivity index is 1.92. The zero-order chi connectivity index (χ0) is 26.9. The Morgan fingerprint density at radius 1 is 1.27 bits per heavy atom. The van der Waals surface area contributed by atoms with Gasteiger partial charge in [-0.25, -0.2) is 9.79 Å². The maximum Gasteiger partial charge on any atom is 0.338 e. The van der Waals surface area contributed by atoms with Gasteiger partial charge in [-0.2, -0.15) is 0 Å². The van der Waals surface area contributed by atoms with Crippen molar-refractivity contribution in [3.05, 3.63) is 83.0 Å². The summed E-state index contributed by atoms with van der Waals surface area (Å²) in [7, 11) is 1.45. The van der Waals surface area contributed by atoms with E-state index >= 15 is 0 Å². The summed E-state index contributed by atoms with van der Waals surface area (Å²) < 4.78 is 18.7. The highest BCUT2D eigenvalue weighted by Crippen LogP contribution is 2.35. The molecule has 194 valence electrons. The van der Waals surface area contributed by atoms with Crippen LogP contribution in [0.3, 0.4) is 0 Å². The van der Waals surface area contributed by atoms with E-state index in [0.29, 0.717) is 43.0 Å². The van der Waals surface area contributed by atoms with Crippen molar-refractivity contribution in [2.45, 2.75) is 39.8 Å². The van der Waals surface area contributed by atoms with Gasteiger partial charge in [-0.1, -0.05) is 23.5 Å². The number of rotatable bonds is 7. The van der Waals surface area contributed by atoms with Crippen LogP contribution in [0.5, 0.6) is 17.2 Å². The third kappa shape index (κ3) is 5.35. The van der Waals surface area contributed by atoms with Crippen molar-refractivity contribution >= 4 is 39.3 Å². The molecule has 0 spiro atoms. The second-order valence-corrected chi connectivity index (χ2v) is 10.5. The number of aromatic hydroxyl groups is 1. The number of benzene rings is 2. The number of allylic oxidation sites excluding steroid dienone is 1. The zero-order valence-corrected chi connectivity index (χ0v) is 23.5. The molecule has 0 aliphatic carbocycles. The third-order valence-electron chi connectivity index (χ3n) is 5.66. The molecule has 0 radical (unpaired) electrons. The van der Waals surface area contributed by atoms with Crippen LogP contribution in [-0.2, 0) is 9.53 Å². The van der Waals surface area contributed by atoms with Crippen LogP contribution in [0.25, 0.3) is 6.08 Å². The van der Waals surface area contributed by atoms with Gasteiger partial charge in [0.15, 0.2) is 16.3 Å². The number of hydrogen-bond donors (Lipinski definition) is 1. The van der Waals surface area contributed by atoms with Crippen molar-refractivity contribution in [1.29, 1.82) is 0 Å². The smallest absolute Gasteiger partial charge is 0.338 e. The molecule has 0 saturated heterocycles. The topological polar surface area (TPSA) is 99.4 Å². The van der Waals surface area contributed by atoms with Gasteiger partial charge in [0.2, 0.25) is 0 Å². The van der Waals surface area contributed by atoms with Crippen molar-refractivity contribution in [1.82, 2.24) is 4.57 Å². The number of methoxy groups -OCH3 is 1. The largest absolute Gasteiger partial charge is 0.503 e. The fourth-order valence-electron chi connectivity index (χ4n) is 4.07. The Morgan fingerprint density at radius 2 is 1.97 bits per heavy atom. The molecule has 8 nitrogen and oxygen atoms in total. The summed E-state index contributed by atoms with van der Waals surface area (Å²) in [5, 5.41) is 10.1. The van der Waals surface area contributed by atoms with E-state index in [2.05, 4.69) is 20.9 Å². The summed E-state index contributed by atoms with van der Waals surface area (Å²) in [6, 6.07) is 9.93. The fourth-order valence-corrected chi connectivity index (χ4v) is 5.58. The second-order valence-electron chi connectivity index (χ2n) is 8.59. The minimum absolute atomic E-state index is 0.0273. The molecule has 1 atom stereocenters. The van der Waals surface area contributed by atoms with Gasteiger partial charge in [0.05, 0.1) is 46.1 Å². The molecule has 0 fully saturated rings. The molecule has 0 amide bonds. The van der Waals surface area contributed by atoms with Gasteiger partial charge >= 0.3 is 5.97 Å². The quantitative estimate of drug-likeness (QED) is 0.419. The Bertz CT molecular complexity index is 1550. The number of ether oxygens (including phenoxy) is 3. The lowest BCUT2D eigenvalue weighted by Gasteiger charge is -2.25. The van der Waals surface area contributed by atoms with E-state index in [-0.39, 0.29) is 23.2 Å². The molecule has 2 heterocycles. The number of fused-ring (bicyclic) bond motifs is 1. The number of halogens is 1. The summed E-state index contributed by atoms with van der Waals surface area (Å²) in [6.45, 7) is 7.73. The minimum Gasteiger partial charge on any atom is -0.503 e. The molecule has 0 unspecified atom stereocenters. The first-order valence-electron chi connectivity index (χ1n) is 11.7. The number of phenolic OH excluding ortho intramolecular Hbond substituents is 1. The van der Waals surface area contributed by atoms with E-state index in [1.54, 1.807) is 39.0 Å². The predicted octanol–water partition coefficient (Wildman–Crippen LogP) is 4.06. The average Bonchev–Trinajstić information content (AvgIpc) is 3.14. The molecule has 1 aliphatic heterocycles. The van der Waals surface area contributed by atoms with E-state index in [1.807, 2.05) is 31.2 Å². The van der Waals surface area contributed by atoms with Gasteiger partial charge in [0, 0.05) is 0 Å². The lowest BCUT2D eigenvalue weighted by molar-refractivity contribution is -0.143. The van der Waals surface area contributed by atoms with Crippen LogP contribution < -0.4 is 24.4 Å². The Labute approximate surface area is 226 Å². The van der Waals surface area contributed by atoms with Crippen LogP contribution in [0, 0.1) is 0 Å². The minimum atomic E-state index is -0.721. The molecule has 1 N–H and O–H groups in total. The Hall–Kier alpha value is -3.37. The number of hydrogen-bond acceptors (Lipinski definition) is 8. The van der Waals surface area contributed by atoms with Crippen molar-refractivity contribution in [3.63, 3.8) is 0 Å². The molecule has 2 aromatic carbocycles. The van der Waals surface area contributed by atoms with Gasteiger partial charge in [0.25, 0.3) is 5.56 Å². The fraction of sp³-hybridized carbons (Fsp3) is 0.296. The van der Waals surface area contributed by atoms with Crippen LogP contribution in [0.4, 0.5) is 0 Å². The highest BCUT2D eigenvalue weighted by atomic mass is 79.9. The molecule has 4 rings (SSSR count). The van der Waals surface area contributed by atoms with E-state index < -0.39 is 12.0 Å². The average molecular weight is 587 g/mol. The molecule has 37 heavy (non-hydrogen) atoms. The monoisotopic (exact) mass is 586 g/mol. The van der Waals surface area contributed by atoms with Gasteiger partial charge in [-0.05, 0) is 85.1 Å². The molecule has 1 aromatic heterocycles. The predicted molar refractivity (Wildman–Crippen MR) is 145 cm³/mol. The molecule has 10 heteroatoms. The Kier molecular flexibility index (Phi) is 7.89. The SMILES string of the molecule is CCOc1ccc([C@H]2C(C(=O)OC(C)C)=C(C)N=c3s/c(=C/c4cc(Br)c(O)c(OC)c4)c(=O)n32)cc1. The number of carbonyl (C=O) groups excluding carboxylic acids is 1. The zero-order valence-electron chi connectivity index (χ0n) is 21.1. The normalized spacial score (nSPS) is 15.4. The molecule has 1 aliphatic rings. The summed E-state index contributed by atoms with van der Waals surface area (Å²) in [6.07, 6.45) is 1.37. The van der Waals surface area contributed by atoms with E-state index in [9.17, 15) is 14.7 Å². The first-order chi connectivity index (χ1) is 17.6. The molecular formula is C27H27BrN2O6S. The standard InChI is InChI=1S/C27H27BrN2O6S/c1-6-35-18-9-7-17(8-10-18)23-22(26(33)36-14(2)3)15(4)29-27-30(23)25(32)21(37-27)13-16-11-19(28)24(31)20(12-16)34-5/h7-14,23,31H,6H2,1-5H3/b21-13+/t23-/m0/s1. The van der Waals surface area contributed by atoms with Crippen molar-refractivity contribution in [2.24, 2.45) is 4.99 Å². The van der Waals surface area contributed by atoms with Crippen LogP contribution in [-0.4, -0.2) is 35.5 Å². The maximum absolute atomic E-state index is 13.8. The lowest BCUT2D eigenvalue weighted by atomic mass is 9.96. The lowest BCUT2D eigenvalue weighted by Crippen LogP contribution is -2.40. The van der Waals surface area contributed by atoms with Crippen molar-refractivity contribution < 1.29 is 24.1 Å². The van der Waals surface area contributed by atoms with Crippen LogP contribution >= 0.6 is 27.3 Å². The molecule has 0 saturated carbocycles. The van der Waals surface area contributed by atoms with Gasteiger partial charge in [-0.15, -0.1) is 0 Å². The van der Waals surface area contributed by atoms with Gasteiger partial charge < -0.3 is 19.3 Å². The second kappa shape index (κ2) is 10.9. The van der Waals surface area contributed by atoms with Crippen LogP contribution in [0.2, 0.25) is 0 Å². The van der Waals surface area contributed by atoms with Crippen molar-refractivity contribution in [3.8, 4) is 17.2 Å². The first-order valence-corrected chi connectivity index (χ1v) is 13.3. The van der Waals surface area contributed by atoms with E-state index in [0.717, 1.165) is 5.56 Å². The maximum atomic E-state index is 13.8. The third-order valence-corrected chi connectivity index (χ3v) is 7.25. The molecular weight excluding hydrogens is 560 g/mol. The number of esters is 1. The van der Waals surface area contributed by atoms with Gasteiger partial charge in [-0.3, -0.25) is 9.36 Å². The number of carbonyl (C=O) groups is 1. The first kappa shape index (κ1) is 26.7. The summed E-state index contributed by atoms with van der Waals surface area (Å²) >= 11 is 4.54. The van der Waals surface area contributed by atoms with Crippen LogP contribution in [0.15, 0.2) is 61.9 Å². The number of aromatic nitrogens is 1. The summed E-state index contributed by atoms with van der Waals surface area (Å²) in [4.78, 5) is 32.0. The van der Waals surface area contributed by atoms with Crippen LogP contribution in [0.1, 0.15) is 44.9 Å².